The monoisotopic (exact) mass is 701 g/mol. The molecule has 262 valence electrons. The van der Waals surface area contributed by atoms with Crippen molar-refractivity contribution in [2.24, 2.45) is 16.9 Å². The summed E-state index contributed by atoms with van der Waals surface area (Å²) in [5.74, 6) is 0.122. The lowest BCUT2D eigenvalue weighted by molar-refractivity contribution is -0.138. The molecule has 1 aromatic heterocycles. The number of unbranched alkanes of at least 4 members (excludes halogenated alkanes) is 3. The molecule has 6 nitrogen and oxygen atoms in total. The third kappa shape index (κ3) is 12.6. The molecular formula is C41H52ClN3O3S. The largest absolute Gasteiger partial charge is 0.481 e. The predicted octanol–water partition coefficient (Wildman–Crippen LogP) is 9.41. The zero-order valence-electron chi connectivity index (χ0n) is 28.9. The van der Waals surface area contributed by atoms with Gasteiger partial charge in [-0.2, -0.15) is 11.8 Å². The normalized spacial score (nSPS) is 14.4. The zero-order valence-corrected chi connectivity index (χ0v) is 30.5. The highest BCUT2D eigenvalue weighted by atomic mass is 35.5. The average Bonchev–Trinajstić information content (AvgIpc) is 3.84. The molecule has 1 saturated carbocycles. The summed E-state index contributed by atoms with van der Waals surface area (Å²) in [6.45, 7) is 5.31. The number of nitrogens with two attached hydrogens (primary N) is 2. The fraction of sp³-hybridized carbons (Fsp3) is 0.415. The molecule has 49 heavy (non-hydrogen) atoms. The van der Waals surface area contributed by atoms with Crippen LogP contribution in [0.2, 0.25) is 5.02 Å². The maximum Gasteiger partial charge on any atom is 0.303 e. The van der Waals surface area contributed by atoms with E-state index in [1.165, 1.54) is 18.4 Å². The van der Waals surface area contributed by atoms with Crippen LogP contribution in [0.25, 0.3) is 23.1 Å². The number of aryl methyl sites for hydroxylation is 1. The van der Waals surface area contributed by atoms with Crippen LogP contribution in [0.3, 0.4) is 0 Å². The minimum atomic E-state index is -0.911. The van der Waals surface area contributed by atoms with E-state index in [0.717, 1.165) is 90.7 Å². The van der Waals surface area contributed by atoms with Crippen LogP contribution in [0.1, 0.15) is 98.4 Å². The highest BCUT2D eigenvalue weighted by Crippen LogP contribution is 2.53. The van der Waals surface area contributed by atoms with Crippen LogP contribution in [0.4, 0.5) is 0 Å². The second-order valence-corrected chi connectivity index (χ2v) is 15.3. The molecule has 0 saturated heterocycles. The predicted molar refractivity (Wildman–Crippen MR) is 208 cm³/mol. The minimum Gasteiger partial charge on any atom is -0.481 e. The van der Waals surface area contributed by atoms with E-state index in [0.29, 0.717) is 5.02 Å². The molecule has 8 heteroatoms. The first-order valence-corrected chi connectivity index (χ1v) is 18.8. The van der Waals surface area contributed by atoms with Crippen LogP contribution < -0.4 is 11.5 Å². The van der Waals surface area contributed by atoms with Crippen molar-refractivity contribution < 1.29 is 15.0 Å². The van der Waals surface area contributed by atoms with Crippen LogP contribution in [0.5, 0.6) is 0 Å². The van der Waals surface area contributed by atoms with Crippen LogP contribution >= 0.6 is 23.4 Å². The number of carboxylic acid groups (broad SMARTS) is 1. The van der Waals surface area contributed by atoms with Gasteiger partial charge in [0, 0.05) is 21.4 Å². The Hall–Kier alpha value is -3.20. The van der Waals surface area contributed by atoms with Gasteiger partial charge in [-0.05, 0) is 117 Å². The maximum atomic E-state index is 11.5. The molecule has 4 aromatic rings. The van der Waals surface area contributed by atoms with E-state index in [-0.39, 0.29) is 17.1 Å². The van der Waals surface area contributed by atoms with Crippen molar-refractivity contribution >= 4 is 52.4 Å². The smallest absolute Gasteiger partial charge is 0.303 e. The summed E-state index contributed by atoms with van der Waals surface area (Å²) in [7, 11) is 0. The lowest BCUT2D eigenvalue weighted by Gasteiger charge is -2.24. The number of fused-ring (bicyclic) bond motifs is 1. The second kappa shape index (κ2) is 18.7. The van der Waals surface area contributed by atoms with Gasteiger partial charge in [-0.3, -0.25) is 4.79 Å². The number of halogens is 1. The number of aliphatic hydroxyl groups is 1. The van der Waals surface area contributed by atoms with Gasteiger partial charge in [0.15, 0.2) is 0 Å². The van der Waals surface area contributed by atoms with E-state index < -0.39 is 11.6 Å². The van der Waals surface area contributed by atoms with E-state index in [4.69, 9.17) is 28.1 Å². The zero-order chi connectivity index (χ0) is 35.3. The Bertz CT molecular complexity index is 1680. The molecule has 1 aliphatic rings. The molecule has 0 spiro atoms. The van der Waals surface area contributed by atoms with Crippen molar-refractivity contribution in [1.29, 1.82) is 0 Å². The topological polar surface area (TPSA) is 122 Å². The molecule has 1 aliphatic carbocycles. The number of aromatic nitrogens is 1. The van der Waals surface area contributed by atoms with Crippen LogP contribution in [-0.4, -0.2) is 40.0 Å². The Labute approximate surface area is 301 Å². The number of hydrogen-bond donors (Lipinski definition) is 4. The van der Waals surface area contributed by atoms with Crippen molar-refractivity contribution in [3.8, 4) is 0 Å². The lowest BCUT2D eigenvalue weighted by atomic mass is 9.90. The number of carbonyl (C=O) groups is 1. The van der Waals surface area contributed by atoms with Crippen molar-refractivity contribution in [2.45, 2.75) is 82.5 Å². The first-order chi connectivity index (χ1) is 23.5. The van der Waals surface area contributed by atoms with Crippen molar-refractivity contribution in [3.63, 3.8) is 0 Å². The second-order valence-electron chi connectivity index (χ2n) is 13.7. The SMILES string of the molecule is CC(C)(O)c1ccccc1CC[C@@H](SCC1(CC(=O)O)CC1)c1cccc(/C=C/c2ccc3ccc(Cl)cc3n2)c1.NCCCCCCN. The summed E-state index contributed by atoms with van der Waals surface area (Å²) in [6.07, 6.45) is 12.8. The fourth-order valence-electron chi connectivity index (χ4n) is 6.00. The quantitative estimate of drug-likeness (QED) is 0.0809. The van der Waals surface area contributed by atoms with Gasteiger partial charge in [-0.15, -0.1) is 0 Å². The number of pyridine rings is 1. The van der Waals surface area contributed by atoms with Crippen LogP contribution in [0.15, 0.2) is 78.9 Å². The number of benzene rings is 3. The first-order valence-electron chi connectivity index (χ1n) is 17.4. The Morgan fingerprint density at radius 1 is 0.959 bits per heavy atom. The number of nitrogens with zero attached hydrogens (tertiary/aromatic N) is 1. The van der Waals surface area contributed by atoms with Gasteiger partial charge in [0.1, 0.15) is 0 Å². The van der Waals surface area contributed by atoms with Gasteiger partial charge < -0.3 is 21.7 Å². The minimum absolute atomic E-state index is 0.0814. The van der Waals surface area contributed by atoms with Gasteiger partial charge in [-0.1, -0.05) is 91.2 Å². The van der Waals surface area contributed by atoms with E-state index in [2.05, 4.69) is 42.5 Å². The molecule has 1 atom stereocenters. The van der Waals surface area contributed by atoms with Crippen molar-refractivity contribution in [1.82, 2.24) is 4.98 Å². The Morgan fingerprint density at radius 2 is 1.67 bits per heavy atom. The van der Waals surface area contributed by atoms with E-state index in [1.807, 2.05) is 74.1 Å². The number of rotatable bonds is 17. The molecule has 3 aromatic carbocycles. The molecule has 6 N–H and O–H groups in total. The Kier molecular flexibility index (Phi) is 14.7. The molecule has 1 heterocycles. The number of aliphatic carboxylic acids is 1. The summed E-state index contributed by atoms with van der Waals surface area (Å²) >= 11 is 8.04. The first kappa shape index (κ1) is 38.6. The number of hydrogen-bond acceptors (Lipinski definition) is 6. The van der Waals surface area contributed by atoms with E-state index in [9.17, 15) is 15.0 Å². The van der Waals surface area contributed by atoms with Crippen LogP contribution in [-0.2, 0) is 16.8 Å². The number of carboxylic acids is 1. The molecule has 0 bridgehead atoms. The fourth-order valence-corrected chi connectivity index (χ4v) is 7.74. The molecule has 0 unspecified atom stereocenters. The third-order valence-corrected chi connectivity index (χ3v) is 10.9. The summed E-state index contributed by atoms with van der Waals surface area (Å²) < 4.78 is 0. The standard InChI is InChI=1S/C35H36ClNO3S.C6H16N2/c1-34(2,40)30-9-4-3-7-25(30)13-17-32(41-23-35(18-19-35)22-33(38)39)27-8-5-6-24(20-27)10-15-29-16-12-26-11-14-28(36)21-31(26)37-29;7-5-3-1-2-4-6-8/h3-12,14-16,20-21,32,40H,13,17-19,22-23H2,1-2H3,(H,38,39);1-8H2/b15-10+;/t32-;/m1./s1. The van der Waals surface area contributed by atoms with Crippen molar-refractivity contribution in [3.05, 3.63) is 112 Å². The molecule has 5 rings (SSSR count). The van der Waals surface area contributed by atoms with Gasteiger partial charge in [0.2, 0.25) is 0 Å². The van der Waals surface area contributed by atoms with Gasteiger partial charge in [0.25, 0.3) is 0 Å². The Morgan fingerprint density at radius 3 is 2.35 bits per heavy atom. The highest BCUT2D eigenvalue weighted by Gasteiger charge is 2.44. The summed E-state index contributed by atoms with van der Waals surface area (Å²) in [5, 5.41) is 22.1. The summed E-state index contributed by atoms with van der Waals surface area (Å²) in [4.78, 5) is 16.2. The number of thioether (sulfide) groups is 1. The highest BCUT2D eigenvalue weighted by molar-refractivity contribution is 7.99. The molecule has 0 amide bonds. The van der Waals surface area contributed by atoms with Crippen LogP contribution in [0, 0.1) is 5.41 Å². The van der Waals surface area contributed by atoms with E-state index in [1.54, 1.807) is 0 Å². The average molecular weight is 702 g/mol. The molecular weight excluding hydrogens is 650 g/mol. The Balaban J connectivity index is 0.000000603. The third-order valence-electron chi connectivity index (χ3n) is 8.99. The van der Waals surface area contributed by atoms with Crippen molar-refractivity contribution in [2.75, 3.05) is 18.8 Å². The summed E-state index contributed by atoms with van der Waals surface area (Å²) in [5.41, 5.74) is 15.7. The maximum absolute atomic E-state index is 11.5. The van der Waals surface area contributed by atoms with E-state index >= 15 is 0 Å². The molecule has 1 fully saturated rings. The van der Waals surface area contributed by atoms with Gasteiger partial charge in [0.05, 0.1) is 23.2 Å². The van der Waals surface area contributed by atoms with Gasteiger partial charge >= 0.3 is 5.97 Å². The van der Waals surface area contributed by atoms with Gasteiger partial charge in [-0.25, -0.2) is 4.98 Å². The summed E-state index contributed by atoms with van der Waals surface area (Å²) in [6, 6.07) is 26.5. The molecule has 0 radical (unpaired) electrons. The lowest BCUT2D eigenvalue weighted by Crippen LogP contribution is -2.18. The molecule has 0 aliphatic heterocycles.